The molecule has 72 valence electrons. The maximum atomic E-state index is 8.57. The Hall–Kier alpha value is -0.300. The van der Waals surface area contributed by atoms with Crippen molar-refractivity contribution >= 4 is 0 Å². The smallest absolute Gasteiger partial charge is 0.0431 e. The predicted octanol–water partition coefficient (Wildman–Crippen LogP) is 3.29. The molecular weight excluding hydrogens is 148 g/mol. The Morgan fingerprint density at radius 1 is 1.25 bits per heavy atom. The van der Waals surface area contributed by atoms with E-state index in [1.54, 1.807) is 0 Å². The topological polar surface area (TPSA) is 20.2 Å². The summed E-state index contributed by atoms with van der Waals surface area (Å²) in [6, 6.07) is 0. The average Bonchev–Trinajstić information content (AvgIpc) is 2.06. The lowest BCUT2D eigenvalue weighted by Gasteiger charge is -1.99. The molecule has 1 heteroatoms. The molecule has 0 aliphatic carbocycles. The standard InChI is InChI=1S/C11H22O/c1-3-4-5-8-11(2)9-6-7-10-12/h8,12H,3-7,9-10H2,1-2H3/b11-8-. The van der Waals surface area contributed by atoms with Crippen LogP contribution in [0.4, 0.5) is 0 Å². The molecule has 0 bridgehead atoms. The number of aliphatic hydroxyl groups excluding tert-OH is 1. The molecule has 0 aliphatic heterocycles. The van der Waals surface area contributed by atoms with Crippen LogP contribution in [-0.4, -0.2) is 11.7 Å². The van der Waals surface area contributed by atoms with Gasteiger partial charge in [-0.15, -0.1) is 0 Å². The molecule has 0 aromatic carbocycles. The van der Waals surface area contributed by atoms with Crippen LogP contribution in [0.25, 0.3) is 0 Å². The third-order valence-corrected chi connectivity index (χ3v) is 2.03. The van der Waals surface area contributed by atoms with Gasteiger partial charge in [-0.3, -0.25) is 0 Å². The summed E-state index contributed by atoms with van der Waals surface area (Å²) >= 11 is 0. The third-order valence-electron chi connectivity index (χ3n) is 2.03. The molecule has 0 radical (unpaired) electrons. The van der Waals surface area contributed by atoms with E-state index < -0.39 is 0 Å². The summed E-state index contributed by atoms with van der Waals surface area (Å²) in [5.74, 6) is 0. The molecule has 1 N–H and O–H groups in total. The van der Waals surface area contributed by atoms with Gasteiger partial charge in [-0.2, -0.15) is 0 Å². The number of rotatable bonds is 7. The third kappa shape index (κ3) is 7.80. The molecule has 0 amide bonds. The zero-order valence-corrected chi connectivity index (χ0v) is 8.47. The van der Waals surface area contributed by atoms with Crippen LogP contribution in [0, 0.1) is 0 Å². The second kappa shape index (κ2) is 8.79. The molecule has 0 aromatic heterocycles. The maximum Gasteiger partial charge on any atom is 0.0431 e. The highest BCUT2D eigenvalue weighted by Gasteiger charge is 1.89. The van der Waals surface area contributed by atoms with Crippen LogP contribution in [0.3, 0.4) is 0 Å². The molecular formula is C11H22O. The first-order valence-electron chi connectivity index (χ1n) is 5.07. The highest BCUT2D eigenvalue weighted by atomic mass is 16.2. The lowest BCUT2D eigenvalue weighted by molar-refractivity contribution is 0.284. The van der Waals surface area contributed by atoms with Gasteiger partial charge in [0.2, 0.25) is 0 Å². The molecule has 12 heavy (non-hydrogen) atoms. The van der Waals surface area contributed by atoms with Crippen LogP contribution >= 0.6 is 0 Å². The summed E-state index contributed by atoms with van der Waals surface area (Å²) in [6.45, 7) is 4.74. The van der Waals surface area contributed by atoms with Crippen molar-refractivity contribution in [2.24, 2.45) is 0 Å². The van der Waals surface area contributed by atoms with Gasteiger partial charge in [0.05, 0.1) is 0 Å². The normalized spacial score (nSPS) is 12.1. The maximum absolute atomic E-state index is 8.57. The lowest BCUT2D eigenvalue weighted by Crippen LogP contribution is -1.84. The van der Waals surface area contributed by atoms with Crippen LogP contribution in [0.1, 0.15) is 52.4 Å². The minimum atomic E-state index is 0.336. The van der Waals surface area contributed by atoms with E-state index in [1.165, 1.54) is 24.8 Å². The van der Waals surface area contributed by atoms with Crippen LogP contribution in [0.15, 0.2) is 11.6 Å². The van der Waals surface area contributed by atoms with Gasteiger partial charge in [0.1, 0.15) is 0 Å². The van der Waals surface area contributed by atoms with Crippen molar-refractivity contribution < 1.29 is 5.11 Å². The molecule has 0 saturated carbocycles. The molecule has 0 rings (SSSR count). The number of hydrogen-bond acceptors (Lipinski definition) is 1. The SMILES string of the molecule is CCCC/C=C(/C)CCCCO. The van der Waals surface area contributed by atoms with Gasteiger partial charge in [-0.25, -0.2) is 0 Å². The van der Waals surface area contributed by atoms with Gasteiger partial charge >= 0.3 is 0 Å². The van der Waals surface area contributed by atoms with E-state index in [0.717, 1.165) is 19.3 Å². The van der Waals surface area contributed by atoms with Crippen molar-refractivity contribution in [2.45, 2.75) is 52.4 Å². The first-order valence-corrected chi connectivity index (χ1v) is 5.07. The highest BCUT2D eigenvalue weighted by Crippen LogP contribution is 2.08. The average molecular weight is 170 g/mol. The fourth-order valence-corrected chi connectivity index (χ4v) is 1.17. The zero-order chi connectivity index (χ0) is 9.23. The van der Waals surface area contributed by atoms with E-state index in [1.807, 2.05) is 0 Å². The van der Waals surface area contributed by atoms with Gasteiger partial charge in [0.15, 0.2) is 0 Å². The Balaban J connectivity index is 3.29. The fraction of sp³-hybridized carbons (Fsp3) is 0.818. The Bertz CT molecular complexity index is 116. The number of allylic oxidation sites excluding steroid dienone is 2. The van der Waals surface area contributed by atoms with Crippen LogP contribution < -0.4 is 0 Å². The zero-order valence-electron chi connectivity index (χ0n) is 8.47. The molecule has 0 saturated heterocycles. The molecule has 1 nitrogen and oxygen atoms in total. The van der Waals surface area contributed by atoms with Crippen molar-refractivity contribution in [1.82, 2.24) is 0 Å². The Morgan fingerprint density at radius 3 is 2.58 bits per heavy atom. The molecule has 0 spiro atoms. The van der Waals surface area contributed by atoms with E-state index in [9.17, 15) is 0 Å². The van der Waals surface area contributed by atoms with E-state index in [4.69, 9.17) is 5.11 Å². The molecule has 0 unspecified atom stereocenters. The number of hydrogen-bond donors (Lipinski definition) is 1. The van der Waals surface area contributed by atoms with E-state index in [2.05, 4.69) is 19.9 Å². The van der Waals surface area contributed by atoms with Gasteiger partial charge in [0, 0.05) is 6.61 Å². The molecule has 0 fully saturated rings. The number of aliphatic hydroxyl groups is 1. The van der Waals surface area contributed by atoms with E-state index >= 15 is 0 Å². The minimum absolute atomic E-state index is 0.336. The first kappa shape index (κ1) is 11.7. The van der Waals surface area contributed by atoms with Crippen molar-refractivity contribution in [3.63, 3.8) is 0 Å². The summed E-state index contributed by atoms with van der Waals surface area (Å²) in [5, 5.41) is 8.57. The number of unbranched alkanes of at least 4 members (excludes halogenated alkanes) is 3. The molecule has 0 heterocycles. The quantitative estimate of drug-likeness (QED) is 0.459. The van der Waals surface area contributed by atoms with Gasteiger partial charge in [0.25, 0.3) is 0 Å². The molecule has 0 atom stereocenters. The Labute approximate surface area is 76.5 Å². The second-order valence-corrected chi connectivity index (χ2v) is 3.37. The van der Waals surface area contributed by atoms with E-state index in [-0.39, 0.29) is 0 Å². The summed E-state index contributed by atoms with van der Waals surface area (Å²) in [6.07, 6.45) is 9.37. The van der Waals surface area contributed by atoms with Gasteiger partial charge in [-0.05, 0) is 32.6 Å². The Morgan fingerprint density at radius 2 is 2.00 bits per heavy atom. The lowest BCUT2D eigenvalue weighted by atomic mass is 10.1. The minimum Gasteiger partial charge on any atom is -0.396 e. The van der Waals surface area contributed by atoms with E-state index in [0.29, 0.717) is 6.61 Å². The van der Waals surface area contributed by atoms with Crippen LogP contribution in [0.2, 0.25) is 0 Å². The van der Waals surface area contributed by atoms with Gasteiger partial charge < -0.3 is 5.11 Å². The Kier molecular flexibility index (Phi) is 8.57. The molecule has 0 aliphatic rings. The van der Waals surface area contributed by atoms with Crippen molar-refractivity contribution in [3.05, 3.63) is 11.6 Å². The summed E-state index contributed by atoms with van der Waals surface area (Å²) < 4.78 is 0. The second-order valence-electron chi connectivity index (χ2n) is 3.37. The van der Waals surface area contributed by atoms with Crippen molar-refractivity contribution in [3.8, 4) is 0 Å². The summed E-state index contributed by atoms with van der Waals surface area (Å²) in [7, 11) is 0. The van der Waals surface area contributed by atoms with Crippen molar-refractivity contribution in [2.75, 3.05) is 6.61 Å². The largest absolute Gasteiger partial charge is 0.396 e. The van der Waals surface area contributed by atoms with Crippen molar-refractivity contribution in [1.29, 1.82) is 0 Å². The highest BCUT2D eigenvalue weighted by molar-refractivity contribution is 4.97. The van der Waals surface area contributed by atoms with Crippen LogP contribution in [0.5, 0.6) is 0 Å². The summed E-state index contributed by atoms with van der Waals surface area (Å²) in [4.78, 5) is 0. The monoisotopic (exact) mass is 170 g/mol. The van der Waals surface area contributed by atoms with Gasteiger partial charge in [-0.1, -0.05) is 31.4 Å². The van der Waals surface area contributed by atoms with Crippen LogP contribution in [-0.2, 0) is 0 Å². The summed E-state index contributed by atoms with van der Waals surface area (Å²) in [5.41, 5.74) is 1.48. The molecule has 0 aromatic rings. The first-order chi connectivity index (χ1) is 5.81. The fourth-order valence-electron chi connectivity index (χ4n) is 1.17. The predicted molar refractivity (Wildman–Crippen MR) is 54.2 cm³/mol.